The standard InChI is InChI=1S/C17H23NO5/c19-6-8-23-15-3-1-13(2-4-15)9-18-10-14-5-7-22-12-17(14,11-18)16(20)21/h1-4,14,19H,5-12H2,(H,20,21)/t14-,17+/m0/s1. The minimum atomic E-state index is -0.748. The van der Waals surface area contributed by atoms with Gasteiger partial charge >= 0.3 is 5.97 Å². The normalized spacial score (nSPS) is 27.6. The van der Waals surface area contributed by atoms with E-state index in [1.807, 2.05) is 24.3 Å². The Kier molecular flexibility index (Phi) is 4.84. The summed E-state index contributed by atoms with van der Waals surface area (Å²) in [6.45, 7) is 3.33. The summed E-state index contributed by atoms with van der Waals surface area (Å²) in [4.78, 5) is 14.0. The highest BCUT2D eigenvalue weighted by atomic mass is 16.5. The number of hydrogen-bond acceptors (Lipinski definition) is 5. The molecule has 0 unspecified atom stereocenters. The lowest BCUT2D eigenvalue weighted by molar-refractivity contribution is -0.159. The smallest absolute Gasteiger partial charge is 0.313 e. The molecule has 2 aliphatic rings. The van der Waals surface area contributed by atoms with Crippen LogP contribution in [0.15, 0.2) is 24.3 Å². The van der Waals surface area contributed by atoms with E-state index in [0.29, 0.717) is 19.8 Å². The molecule has 0 saturated carbocycles. The lowest BCUT2D eigenvalue weighted by atomic mass is 9.76. The van der Waals surface area contributed by atoms with Crippen molar-refractivity contribution in [2.24, 2.45) is 11.3 Å². The molecule has 1 aromatic carbocycles. The van der Waals surface area contributed by atoms with Crippen LogP contribution in [0, 0.1) is 11.3 Å². The molecule has 126 valence electrons. The van der Waals surface area contributed by atoms with E-state index in [2.05, 4.69) is 4.90 Å². The van der Waals surface area contributed by atoms with Gasteiger partial charge in [-0.1, -0.05) is 12.1 Å². The predicted molar refractivity (Wildman–Crippen MR) is 83.3 cm³/mol. The molecule has 0 aromatic heterocycles. The van der Waals surface area contributed by atoms with E-state index in [9.17, 15) is 9.90 Å². The number of aliphatic carboxylic acids is 1. The maximum atomic E-state index is 11.8. The third kappa shape index (κ3) is 3.34. The second-order valence-corrected chi connectivity index (χ2v) is 6.39. The van der Waals surface area contributed by atoms with E-state index in [0.717, 1.165) is 30.8 Å². The van der Waals surface area contributed by atoms with Crippen molar-refractivity contribution in [1.82, 2.24) is 4.90 Å². The molecule has 6 heteroatoms. The Bertz CT molecular complexity index is 546. The predicted octanol–water partition coefficient (Wildman–Crippen LogP) is 0.981. The number of carboxylic acids is 1. The summed E-state index contributed by atoms with van der Waals surface area (Å²) in [5.41, 5.74) is 0.379. The second-order valence-electron chi connectivity index (χ2n) is 6.39. The van der Waals surface area contributed by atoms with Gasteiger partial charge in [-0.05, 0) is 30.0 Å². The van der Waals surface area contributed by atoms with Gasteiger partial charge < -0.3 is 19.7 Å². The Balaban J connectivity index is 1.64. The van der Waals surface area contributed by atoms with Crippen LogP contribution in [0.4, 0.5) is 0 Å². The average Bonchev–Trinajstić information content (AvgIpc) is 2.93. The van der Waals surface area contributed by atoms with E-state index in [-0.39, 0.29) is 19.1 Å². The van der Waals surface area contributed by atoms with Crippen LogP contribution in [0.5, 0.6) is 5.75 Å². The molecule has 0 aliphatic carbocycles. The minimum absolute atomic E-state index is 0.00371. The summed E-state index contributed by atoms with van der Waals surface area (Å²) < 4.78 is 10.8. The van der Waals surface area contributed by atoms with Gasteiger partial charge in [-0.15, -0.1) is 0 Å². The van der Waals surface area contributed by atoms with Crippen LogP contribution < -0.4 is 4.74 Å². The van der Waals surface area contributed by atoms with Gasteiger partial charge in [0.2, 0.25) is 0 Å². The summed E-state index contributed by atoms with van der Waals surface area (Å²) in [6, 6.07) is 7.73. The van der Waals surface area contributed by atoms with Crippen LogP contribution in [0.2, 0.25) is 0 Å². The number of aliphatic hydroxyl groups is 1. The molecule has 0 amide bonds. The SMILES string of the molecule is O=C(O)[C@]12COCC[C@H]1CN(Cc1ccc(OCCO)cc1)C2. The monoisotopic (exact) mass is 321 g/mol. The fourth-order valence-electron chi connectivity index (χ4n) is 3.63. The Hall–Kier alpha value is -1.63. The molecule has 2 saturated heterocycles. The van der Waals surface area contributed by atoms with Crippen molar-refractivity contribution >= 4 is 5.97 Å². The quantitative estimate of drug-likeness (QED) is 0.813. The first-order valence-corrected chi connectivity index (χ1v) is 8.00. The topological polar surface area (TPSA) is 79.2 Å². The first-order chi connectivity index (χ1) is 11.1. The van der Waals surface area contributed by atoms with E-state index in [1.54, 1.807) is 0 Å². The lowest BCUT2D eigenvalue weighted by Crippen LogP contribution is -2.46. The van der Waals surface area contributed by atoms with Gasteiger partial charge in [0.15, 0.2) is 0 Å². The summed E-state index contributed by atoms with van der Waals surface area (Å²) >= 11 is 0. The maximum Gasteiger partial charge on any atom is 0.313 e. The van der Waals surface area contributed by atoms with Crippen molar-refractivity contribution < 1.29 is 24.5 Å². The number of carboxylic acid groups (broad SMARTS) is 1. The molecule has 2 atom stereocenters. The number of hydrogen-bond donors (Lipinski definition) is 2. The minimum Gasteiger partial charge on any atom is -0.491 e. The molecular weight excluding hydrogens is 298 g/mol. The average molecular weight is 321 g/mol. The van der Waals surface area contributed by atoms with E-state index >= 15 is 0 Å². The Labute approximate surface area is 135 Å². The van der Waals surface area contributed by atoms with Crippen molar-refractivity contribution in [2.75, 3.05) is 39.5 Å². The van der Waals surface area contributed by atoms with E-state index in [1.165, 1.54) is 0 Å². The number of likely N-dealkylation sites (tertiary alicyclic amines) is 1. The number of aliphatic hydroxyl groups excluding tert-OH is 1. The Morgan fingerprint density at radius 3 is 2.83 bits per heavy atom. The third-order valence-electron chi connectivity index (χ3n) is 4.85. The van der Waals surface area contributed by atoms with Crippen molar-refractivity contribution in [2.45, 2.75) is 13.0 Å². The van der Waals surface area contributed by atoms with Gasteiger partial charge in [0.1, 0.15) is 17.8 Å². The highest BCUT2D eigenvalue weighted by Crippen LogP contribution is 2.42. The van der Waals surface area contributed by atoms with Crippen molar-refractivity contribution in [3.63, 3.8) is 0 Å². The number of nitrogens with zero attached hydrogens (tertiary/aromatic N) is 1. The fraction of sp³-hybridized carbons (Fsp3) is 0.588. The van der Waals surface area contributed by atoms with E-state index < -0.39 is 11.4 Å². The highest BCUT2D eigenvalue weighted by Gasteiger charge is 2.53. The molecule has 0 spiro atoms. The van der Waals surface area contributed by atoms with Gasteiger partial charge in [0, 0.05) is 26.2 Å². The number of ether oxygens (including phenoxy) is 2. The zero-order chi connectivity index (χ0) is 16.3. The van der Waals surface area contributed by atoms with Crippen molar-refractivity contribution in [3.05, 3.63) is 29.8 Å². The van der Waals surface area contributed by atoms with Crippen LogP contribution in [0.3, 0.4) is 0 Å². The third-order valence-corrected chi connectivity index (χ3v) is 4.85. The number of benzene rings is 1. The number of rotatable bonds is 6. The van der Waals surface area contributed by atoms with Gasteiger partial charge in [-0.25, -0.2) is 0 Å². The molecular formula is C17H23NO5. The molecule has 2 aliphatic heterocycles. The molecule has 2 heterocycles. The van der Waals surface area contributed by atoms with Crippen LogP contribution in [0.25, 0.3) is 0 Å². The van der Waals surface area contributed by atoms with E-state index in [4.69, 9.17) is 14.6 Å². The summed E-state index contributed by atoms with van der Waals surface area (Å²) in [5.74, 6) is 0.159. The number of fused-ring (bicyclic) bond motifs is 1. The molecule has 0 bridgehead atoms. The summed E-state index contributed by atoms with van der Waals surface area (Å²) in [7, 11) is 0. The van der Waals surface area contributed by atoms with Crippen molar-refractivity contribution in [1.29, 1.82) is 0 Å². The van der Waals surface area contributed by atoms with Gasteiger partial charge in [0.25, 0.3) is 0 Å². The number of carbonyl (C=O) groups is 1. The summed E-state index contributed by atoms with van der Waals surface area (Å²) in [6.07, 6.45) is 0.816. The Morgan fingerprint density at radius 1 is 1.39 bits per heavy atom. The van der Waals surface area contributed by atoms with Crippen LogP contribution in [0.1, 0.15) is 12.0 Å². The summed E-state index contributed by atoms with van der Waals surface area (Å²) in [5, 5.41) is 18.4. The first-order valence-electron chi connectivity index (χ1n) is 8.00. The largest absolute Gasteiger partial charge is 0.491 e. The molecule has 6 nitrogen and oxygen atoms in total. The maximum absolute atomic E-state index is 11.8. The lowest BCUT2D eigenvalue weighted by Gasteiger charge is -2.34. The Morgan fingerprint density at radius 2 is 2.17 bits per heavy atom. The molecule has 2 N–H and O–H groups in total. The molecule has 0 radical (unpaired) electrons. The highest BCUT2D eigenvalue weighted by molar-refractivity contribution is 5.76. The molecule has 1 aromatic rings. The second kappa shape index (κ2) is 6.86. The van der Waals surface area contributed by atoms with Crippen LogP contribution in [-0.2, 0) is 16.1 Å². The molecule has 23 heavy (non-hydrogen) atoms. The van der Waals surface area contributed by atoms with Crippen LogP contribution in [-0.4, -0.2) is 60.6 Å². The zero-order valence-electron chi connectivity index (χ0n) is 13.1. The molecule has 3 rings (SSSR count). The zero-order valence-corrected chi connectivity index (χ0v) is 13.1. The van der Waals surface area contributed by atoms with Gasteiger partial charge in [0.05, 0.1) is 13.2 Å². The van der Waals surface area contributed by atoms with Gasteiger partial charge in [-0.2, -0.15) is 0 Å². The van der Waals surface area contributed by atoms with Crippen molar-refractivity contribution in [3.8, 4) is 5.75 Å². The van der Waals surface area contributed by atoms with Crippen LogP contribution >= 0.6 is 0 Å². The fourth-order valence-corrected chi connectivity index (χ4v) is 3.63. The van der Waals surface area contributed by atoms with Gasteiger partial charge in [-0.3, -0.25) is 9.69 Å². The molecule has 2 fully saturated rings. The first kappa shape index (κ1) is 16.2.